The standard InChI is InChI=1S/C24H24F3NO3/c1-4-16-13-20(9-10-21(16)31-15-23(2,3)30)28-12-11-18(14-22(28)29)17-5-7-19(8-6-17)24(25,26)27/h5-14,30H,4,15H2,1-3H3. The number of hydrogen-bond donors (Lipinski definition) is 1. The highest BCUT2D eigenvalue weighted by molar-refractivity contribution is 5.63. The van der Waals surface area contributed by atoms with Crippen LogP contribution in [0.25, 0.3) is 16.8 Å². The van der Waals surface area contributed by atoms with Gasteiger partial charge in [-0.2, -0.15) is 13.2 Å². The molecule has 1 aromatic heterocycles. The number of ether oxygens (including phenoxy) is 1. The van der Waals surface area contributed by atoms with Gasteiger partial charge in [0.15, 0.2) is 0 Å². The Bertz CT molecular complexity index is 1110. The number of aryl methyl sites for hydroxylation is 1. The highest BCUT2D eigenvalue weighted by Gasteiger charge is 2.30. The van der Waals surface area contributed by atoms with Crippen molar-refractivity contribution < 1.29 is 23.0 Å². The molecule has 7 heteroatoms. The highest BCUT2D eigenvalue weighted by Crippen LogP contribution is 2.31. The van der Waals surface area contributed by atoms with Crippen LogP contribution in [0.4, 0.5) is 13.2 Å². The van der Waals surface area contributed by atoms with E-state index in [1.807, 2.05) is 13.0 Å². The minimum absolute atomic E-state index is 0.140. The van der Waals surface area contributed by atoms with E-state index in [1.54, 1.807) is 38.2 Å². The van der Waals surface area contributed by atoms with E-state index >= 15 is 0 Å². The molecule has 2 aromatic carbocycles. The van der Waals surface area contributed by atoms with Crippen LogP contribution >= 0.6 is 0 Å². The van der Waals surface area contributed by atoms with Crippen LogP contribution in [-0.4, -0.2) is 21.9 Å². The summed E-state index contributed by atoms with van der Waals surface area (Å²) in [6.45, 7) is 5.42. The Morgan fingerprint density at radius 1 is 0.968 bits per heavy atom. The van der Waals surface area contributed by atoms with E-state index in [0.717, 1.165) is 17.7 Å². The topological polar surface area (TPSA) is 51.5 Å². The molecule has 1 N–H and O–H groups in total. The van der Waals surface area contributed by atoms with Gasteiger partial charge in [0.25, 0.3) is 5.56 Å². The van der Waals surface area contributed by atoms with Crippen LogP contribution in [0, 0.1) is 0 Å². The molecular weight excluding hydrogens is 407 g/mol. The van der Waals surface area contributed by atoms with Crippen LogP contribution in [0.3, 0.4) is 0 Å². The third-order valence-electron chi connectivity index (χ3n) is 4.75. The lowest BCUT2D eigenvalue weighted by Gasteiger charge is -2.20. The molecule has 0 aliphatic heterocycles. The van der Waals surface area contributed by atoms with Crippen LogP contribution < -0.4 is 10.3 Å². The highest BCUT2D eigenvalue weighted by atomic mass is 19.4. The van der Waals surface area contributed by atoms with Gasteiger partial charge in [-0.3, -0.25) is 9.36 Å². The molecule has 164 valence electrons. The molecule has 0 saturated heterocycles. The molecule has 4 nitrogen and oxygen atoms in total. The summed E-state index contributed by atoms with van der Waals surface area (Å²) in [6.07, 6.45) is -2.13. The Morgan fingerprint density at radius 3 is 2.19 bits per heavy atom. The zero-order valence-corrected chi connectivity index (χ0v) is 17.5. The minimum Gasteiger partial charge on any atom is -0.490 e. The Kier molecular flexibility index (Phi) is 6.27. The fourth-order valence-electron chi connectivity index (χ4n) is 3.11. The maximum atomic E-state index is 12.7. The normalized spacial score (nSPS) is 12.1. The molecule has 0 bridgehead atoms. The molecule has 0 fully saturated rings. The monoisotopic (exact) mass is 431 g/mol. The molecule has 0 amide bonds. The Labute approximate surface area is 178 Å². The summed E-state index contributed by atoms with van der Waals surface area (Å²) in [5.74, 6) is 0.641. The smallest absolute Gasteiger partial charge is 0.416 e. The molecule has 3 aromatic rings. The summed E-state index contributed by atoms with van der Waals surface area (Å²) >= 11 is 0. The number of benzene rings is 2. The van der Waals surface area contributed by atoms with Gasteiger partial charge in [-0.05, 0) is 73.4 Å². The van der Waals surface area contributed by atoms with Crippen LogP contribution in [0.2, 0.25) is 0 Å². The number of aliphatic hydroxyl groups is 1. The van der Waals surface area contributed by atoms with Crippen molar-refractivity contribution in [2.75, 3.05) is 6.61 Å². The number of alkyl halides is 3. The fourth-order valence-corrected chi connectivity index (χ4v) is 3.11. The molecule has 3 rings (SSSR count). The molecule has 0 saturated carbocycles. The molecule has 0 unspecified atom stereocenters. The molecule has 0 aliphatic rings. The van der Waals surface area contributed by atoms with Gasteiger partial charge in [0.2, 0.25) is 0 Å². The average molecular weight is 431 g/mol. The van der Waals surface area contributed by atoms with E-state index in [9.17, 15) is 23.1 Å². The third kappa shape index (κ3) is 5.55. The number of halogens is 3. The minimum atomic E-state index is -4.40. The van der Waals surface area contributed by atoms with Crippen molar-refractivity contribution >= 4 is 0 Å². The van der Waals surface area contributed by atoms with Crippen molar-refractivity contribution in [1.29, 1.82) is 0 Å². The molecule has 1 heterocycles. The maximum absolute atomic E-state index is 12.7. The summed E-state index contributed by atoms with van der Waals surface area (Å²) in [5, 5.41) is 9.86. The summed E-state index contributed by atoms with van der Waals surface area (Å²) < 4.78 is 45.4. The number of nitrogens with zero attached hydrogens (tertiary/aromatic N) is 1. The van der Waals surface area contributed by atoms with Gasteiger partial charge in [0.05, 0.1) is 11.2 Å². The van der Waals surface area contributed by atoms with Crippen molar-refractivity contribution in [3.63, 3.8) is 0 Å². The maximum Gasteiger partial charge on any atom is 0.416 e. The van der Waals surface area contributed by atoms with Crippen LogP contribution in [-0.2, 0) is 12.6 Å². The van der Waals surface area contributed by atoms with Crippen molar-refractivity contribution in [2.24, 2.45) is 0 Å². The van der Waals surface area contributed by atoms with Crippen molar-refractivity contribution in [2.45, 2.75) is 39.0 Å². The molecule has 0 aliphatic carbocycles. The summed E-state index contributed by atoms with van der Waals surface area (Å²) in [5.41, 5.74) is 0.608. The lowest BCUT2D eigenvalue weighted by Crippen LogP contribution is -2.28. The average Bonchev–Trinajstić information content (AvgIpc) is 2.71. The quantitative estimate of drug-likeness (QED) is 0.581. The van der Waals surface area contributed by atoms with Gasteiger partial charge in [-0.15, -0.1) is 0 Å². The Morgan fingerprint density at radius 2 is 1.65 bits per heavy atom. The Balaban J connectivity index is 1.88. The lowest BCUT2D eigenvalue weighted by atomic mass is 10.0. The van der Waals surface area contributed by atoms with E-state index < -0.39 is 17.3 Å². The third-order valence-corrected chi connectivity index (χ3v) is 4.75. The van der Waals surface area contributed by atoms with E-state index in [1.165, 1.54) is 22.8 Å². The summed E-state index contributed by atoms with van der Waals surface area (Å²) in [6, 6.07) is 13.1. The first-order valence-corrected chi connectivity index (χ1v) is 9.87. The predicted molar refractivity (Wildman–Crippen MR) is 114 cm³/mol. The zero-order valence-electron chi connectivity index (χ0n) is 17.5. The molecule has 0 atom stereocenters. The van der Waals surface area contributed by atoms with Gasteiger partial charge in [-0.25, -0.2) is 0 Å². The number of rotatable bonds is 6. The second kappa shape index (κ2) is 8.59. The first-order valence-electron chi connectivity index (χ1n) is 9.87. The van der Waals surface area contributed by atoms with E-state index in [-0.39, 0.29) is 12.2 Å². The van der Waals surface area contributed by atoms with E-state index in [2.05, 4.69) is 0 Å². The molecule has 31 heavy (non-hydrogen) atoms. The molecule has 0 spiro atoms. The van der Waals surface area contributed by atoms with E-state index in [4.69, 9.17) is 4.74 Å². The van der Waals surface area contributed by atoms with Crippen molar-refractivity contribution in [1.82, 2.24) is 4.57 Å². The second-order valence-electron chi connectivity index (χ2n) is 7.95. The summed E-state index contributed by atoms with van der Waals surface area (Å²) in [7, 11) is 0. The first kappa shape index (κ1) is 22.6. The SMILES string of the molecule is CCc1cc(-n2ccc(-c3ccc(C(F)(F)F)cc3)cc2=O)ccc1OCC(C)(C)O. The van der Waals surface area contributed by atoms with Crippen LogP contribution in [0.1, 0.15) is 31.9 Å². The fraction of sp³-hybridized carbons (Fsp3) is 0.292. The van der Waals surface area contributed by atoms with Crippen molar-refractivity contribution in [3.05, 3.63) is 82.3 Å². The van der Waals surface area contributed by atoms with Gasteiger partial charge in [0, 0.05) is 18.0 Å². The van der Waals surface area contributed by atoms with Gasteiger partial charge in [0.1, 0.15) is 12.4 Å². The number of hydrogen-bond acceptors (Lipinski definition) is 3. The van der Waals surface area contributed by atoms with Gasteiger partial charge >= 0.3 is 6.18 Å². The Hall–Kier alpha value is -3.06. The zero-order chi connectivity index (χ0) is 22.8. The van der Waals surface area contributed by atoms with Crippen molar-refractivity contribution in [3.8, 4) is 22.6 Å². The molecular formula is C24H24F3NO3. The first-order chi connectivity index (χ1) is 14.5. The van der Waals surface area contributed by atoms with Gasteiger partial charge in [-0.1, -0.05) is 19.1 Å². The van der Waals surface area contributed by atoms with Gasteiger partial charge < -0.3 is 9.84 Å². The number of aromatic nitrogens is 1. The predicted octanol–water partition coefficient (Wildman–Crippen LogP) is 5.24. The van der Waals surface area contributed by atoms with Crippen LogP contribution in [0.5, 0.6) is 5.75 Å². The van der Waals surface area contributed by atoms with Crippen LogP contribution in [0.15, 0.2) is 65.6 Å². The van der Waals surface area contributed by atoms with E-state index in [0.29, 0.717) is 29.0 Å². The lowest BCUT2D eigenvalue weighted by molar-refractivity contribution is -0.137. The molecule has 0 radical (unpaired) electrons. The number of pyridine rings is 1. The summed E-state index contributed by atoms with van der Waals surface area (Å²) in [4.78, 5) is 12.7. The second-order valence-corrected chi connectivity index (χ2v) is 7.95. The largest absolute Gasteiger partial charge is 0.490 e.